The summed E-state index contributed by atoms with van der Waals surface area (Å²) in [6.07, 6.45) is 0.0377. The molecule has 0 aliphatic heterocycles. The first-order valence-corrected chi connectivity index (χ1v) is 5.04. The standard InChI is InChI=1S/C12H14N2O2/c1-10-4-2-3-5-11(10)14(9-7-13)8-6-12(15)16/h2-5H,6,8-9H2,1H3,(H,15,16). The monoisotopic (exact) mass is 218 g/mol. The molecule has 1 aromatic rings. The predicted molar refractivity (Wildman–Crippen MR) is 61.3 cm³/mol. The van der Waals surface area contributed by atoms with Crippen LogP contribution in [0.4, 0.5) is 5.69 Å². The lowest BCUT2D eigenvalue weighted by Crippen LogP contribution is -2.27. The number of benzene rings is 1. The molecule has 0 fully saturated rings. The number of aryl methyl sites for hydroxylation is 1. The fourth-order valence-electron chi connectivity index (χ4n) is 1.52. The zero-order valence-electron chi connectivity index (χ0n) is 9.18. The molecule has 0 amide bonds. The highest BCUT2D eigenvalue weighted by atomic mass is 16.4. The van der Waals surface area contributed by atoms with Crippen molar-refractivity contribution in [2.24, 2.45) is 0 Å². The molecule has 1 rings (SSSR count). The average molecular weight is 218 g/mol. The molecule has 0 unspecified atom stereocenters. The van der Waals surface area contributed by atoms with E-state index >= 15 is 0 Å². The van der Waals surface area contributed by atoms with Crippen LogP contribution in [0.1, 0.15) is 12.0 Å². The Bertz CT molecular complexity index is 410. The highest BCUT2D eigenvalue weighted by molar-refractivity contribution is 5.68. The third-order valence-electron chi connectivity index (χ3n) is 2.31. The van der Waals surface area contributed by atoms with E-state index < -0.39 is 5.97 Å². The minimum atomic E-state index is -0.850. The van der Waals surface area contributed by atoms with Gasteiger partial charge in [-0.25, -0.2) is 0 Å². The van der Waals surface area contributed by atoms with Gasteiger partial charge in [-0.3, -0.25) is 4.79 Å². The summed E-state index contributed by atoms with van der Waals surface area (Å²) in [7, 11) is 0. The van der Waals surface area contributed by atoms with E-state index in [1.165, 1.54) is 0 Å². The maximum atomic E-state index is 10.5. The number of para-hydroxylation sites is 1. The summed E-state index contributed by atoms with van der Waals surface area (Å²) in [5, 5.41) is 17.4. The Morgan fingerprint density at radius 2 is 2.19 bits per heavy atom. The van der Waals surface area contributed by atoms with Crippen LogP contribution in [0, 0.1) is 18.3 Å². The number of nitrogens with zero attached hydrogens (tertiary/aromatic N) is 2. The van der Waals surface area contributed by atoms with Crippen molar-refractivity contribution in [3.63, 3.8) is 0 Å². The Morgan fingerprint density at radius 3 is 2.75 bits per heavy atom. The van der Waals surface area contributed by atoms with Gasteiger partial charge in [-0.2, -0.15) is 5.26 Å². The van der Waals surface area contributed by atoms with Gasteiger partial charge in [0.05, 0.1) is 12.5 Å². The van der Waals surface area contributed by atoms with Crippen LogP contribution >= 0.6 is 0 Å². The molecular weight excluding hydrogens is 204 g/mol. The molecule has 0 spiro atoms. The van der Waals surface area contributed by atoms with E-state index in [-0.39, 0.29) is 13.0 Å². The van der Waals surface area contributed by atoms with Crippen LogP contribution in [0.25, 0.3) is 0 Å². The van der Waals surface area contributed by atoms with Crippen molar-refractivity contribution in [2.75, 3.05) is 18.0 Å². The van der Waals surface area contributed by atoms with Gasteiger partial charge in [0.25, 0.3) is 0 Å². The van der Waals surface area contributed by atoms with Crippen molar-refractivity contribution < 1.29 is 9.90 Å². The van der Waals surface area contributed by atoms with Crippen molar-refractivity contribution >= 4 is 11.7 Å². The molecule has 0 bridgehead atoms. The number of hydrogen-bond acceptors (Lipinski definition) is 3. The summed E-state index contributed by atoms with van der Waals surface area (Å²) in [6, 6.07) is 9.69. The number of carbonyl (C=O) groups is 1. The van der Waals surface area contributed by atoms with Crippen LogP contribution in [-0.2, 0) is 4.79 Å². The molecule has 84 valence electrons. The number of carboxylic acids is 1. The van der Waals surface area contributed by atoms with Gasteiger partial charge < -0.3 is 10.0 Å². The zero-order chi connectivity index (χ0) is 12.0. The number of aliphatic carboxylic acids is 1. The van der Waals surface area contributed by atoms with Crippen LogP contribution < -0.4 is 4.90 Å². The molecule has 0 radical (unpaired) electrons. The SMILES string of the molecule is Cc1ccccc1N(CC#N)CCC(=O)O. The summed E-state index contributed by atoms with van der Waals surface area (Å²) in [5.41, 5.74) is 1.97. The fourth-order valence-corrected chi connectivity index (χ4v) is 1.52. The number of carboxylic acid groups (broad SMARTS) is 1. The van der Waals surface area contributed by atoms with Crippen LogP contribution in [0.15, 0.2) is 24.3 Å². The average Bonchev–Trinajstić information content (AvgIpc) is 2.25. The Morgan fingerprint density at radius 1 is 1.50 bits per heavy atom. The van der Waals surface area contributed by atoms with Crippen LogP contribution in [0.2, 0.25) is 0 Å². The lowest BCUT2D eigenvalue weighted by atomic mass is 10.1. The Labute approximate surface area is 94.7 Å². The molecule has 1 aromatic carbocycles. The fraction of sp³-hybridized carbons (Fsp3) is 0.333. The predicted octanol–water partition coefficient (Wildman–Crippen LogP) is 1.80. The summed E-state index contributed by atoms with van der Waals surface area (Å²) in [5.74, 6) is -0.850. The van der Waals surface area contributed by atoms with Gasteiger partial charge in [0.1, 0.15) is 6.54 Å². The highest BCUT2D eigenvalue weighted by Gasteiger charge is 2.09. The molecule has 0 aromatic heterocycles. The lowest BCUT2D eigenvalue weighted by molar-refractivity contribution is -0.136. The van der Waals surface area contributed by atoms with Crippen LogP contribution in [0.5, 0.6) is 0 Å². The minimum absolute atomic E-state index is 0.0377. The topological polar surface area (TPSA) is 64.3 Å². The van der Waals surface area contributed by atoms with E-state index in [2.05, 4.69) is 6.07 Å². The molecule has 0 aliphatic carbocycles. The van der Waals surface area contributed by atoms with Gasteiger partial charge >= 0.3 is 5.97 Å². The normalized spacial score (nSPS) is 9.50. The maximum absolute atomic E-state index is 10.5. The number of rotatable bonds is 5. The van der Waals surface area contributed by atoms with Crippen molar-refractivity contribution in [2.45, 2.75) is 13.3 Å². The molecule has 0 atom stereocenters. The Hall–Kier alpha value is -2.02. The van der Waals surface area contributed by atoms with Crippen LogP contribution in [-0.4, -0.2) is 24.2 Å². The molecule has 0 heterocycles. The van der Waals surface area contributed by atoms with Crippen molar-refractivity contribution in [3.8, 4) is 6.07 Å². The van der Waals surface area contributed by atoms with Crippen molar-refractivity contribution in [3.05, 3.63) is 29.8 Å². The van der Waals surface area contributed by atoms with E-state index in [0.29, 0.717) is 6.54 Å². The molecule has 0 saturated heterocycles. The summed E-state index contributed by atoms with van der Waals surface area (Å²) in [6.45, 7) is 2.51. The third kappa shape index (κ3) is 3.28. The first-order valence-electron chi connectivity index (χ1n) is 5.04. The molecule has 0 saturated carbocycles. The smallest absolute Gasteiger partial charge is 0.305 e. The summed E-state index contributed by atoms with van der Waals surface area (Å²) < 4.78 is 0. The second kappa shape index (κ2) is 5.76. The van der Waals surface area contributed by atoms with E-state index in [0.717, 1.165) is 11.3 Å². The van der Waals surface area contributed by atoms with Gasteiger partial charge in [0.2, 0.25) is 0 Å². The van der Waals surface area contributed by atoms with Crippen LogP contribution in [0.3, 0.4) is 0 Å². The quantitative estimate of drug-likeness (QED) is 0.765. The van der Waals surface area contributed by atoms with Gasteiger partial charge in [0, 0.05) is 12.2 Å². The molecule has 4 heteroatoms. The second-order valence-electron chi connectivity index (χ2n) is 3.51. The van der Waals surface area contributed by atoms with E-state index in [9.17, 15) is 4.79 Å². The maximum Gasteiger partial charge on any atom is 0.305 e. The first-order chi connectivity index (χ1) is 7.65. The van der Waals surface area contributed by atoms with Gasteiger partial charge in [0.15, 0.2) is 0 Å². The largest absolute Gasteiger partial charge is 0.481 e. The van der Waals surface area contributed by atoms with Gasteiger partial charge in [-0.15, -0.1) is 0 Å². The number of nitriles is 1. The van der Waals surface area contributed by atoms with Crippen molar-refractivity contribution in [1.82, 2.24) is 0 Å². The second-order valence-corrected chi connectivity index (χ2v) is 3.51. The molecule has 16 heavy (non-hydrogen) atoms. The van der Waals surface area contributed by atoms with Crippen molar-refractivity contribution in [1.29, 1.82) is 5.26 Å². The molecule has 0 aliphatic rings. The first kappa shape index (κ1) is 12.1. The molecular formula is C12H14N2O2. The molecule has 4 nitrogen and oxygen atoms in total. The third-order valence-corrected chi connectivity index (χ3v) is 2.31. The van der Waals surface area contributed by atoms with E-state index in [1.54, 1.807) is 4.90 Å². The Balaban J connectivity index is 2.81. The summed E-state index contributed by atoms with van der Waals surface area (Å²) >= 11 is 0. The molecule has 1 N–H and O–H groups in total. The highest BCUT2D eigenvalue weighted by Crippen LogP contribution is 2.19. The zero-order valence-corrected chi connectivity index (χ0v) is 9.18. The Kier molecular flexibility index (Phi) is 4.34. The lowest BCUT2D eigenvalue weighted by Gasteiger charge is -2.22. The van der Waals surface area contributed by atoms with E-state index in [4.69, 9.17) is 10.4 Å². The number of hydrogen-bond donors (Lipinski definition) is 1. The van der Waals surface area contributed by atoms with E-state index in [1.807, 2.05) is 31.2 Å². The summed E-state index contributed by atoms with van der Waals surface area (Å²) in [4.78, 5) is 12.3. The minimum Gasteiger partial charge on any atom is -0.481 e. The number of anilines is 1. The van der Waals surface area contributed by atoms with Gasteiger partial charge in [-0.1, -0.05) is 18.2 Å². The van der Waals surface area contributed by atoms with Gasteiger partial charge in [-0.05, 0) is 18.6 Å².